The van der Waals surface area contributed by atoms with Crippen LogP contribution in [0.15, 0.2) is 60.3 Å². The van der Waals surface area contributed by atoms with Crippen LogP contribution < -0.4 is 16.0 Å². The molecule has 0 saturated carbocycles. The molecular weight excluding hydrogens is 362 g/mol. The minimum Gasteiger partial charge on any atom is -0.357 e. The lowest BCUT2D eigenvalue weighted by Gasteiger charge is -2.29. The molecule has 27 heavy (non-hydrogen) atoms. The zero-order valence-electron chi connectivity index (χ0n) is 15.3. The van der Waals surface area contributed by atoms with Crippen LogP contribution in [0.25, 0.3) is 0 Å². The Balaban J connectivity index is 1.72. The van der Waals surface area contributed by atoms with Crippen LogP contribution in [0.3, 0.4) is 0 Å². The first-order valence-electron chi connectivity index (χ1n) is 8.74. The lowest BCUT2D eigenvalue weighted by molar-refractivity contribution is -0.117. The van der Waals surface area contributed by atoms with E-state index in [9.17, 15) is 9.59 Å². The van der Waals surface area contributed by atoms with E-state index in [4.69, 9.17) is 11.6 Å². The van der Waals surface area contributed by atoms with E-state index in [1.807, 2.05) is 18.2 Å². The van der Waals surface area contributed by atoms with Crippen molar-refractivity contribution in [3.05, 3.63) is 65.3 Å². The first kappa shape index (κ1) is 19.0. The van der Waals surface area contributed by atoms with Crippen molar-refractivity contribution < 1.29 is 9.59 Å². The smallest absolute Gasteiger partial charge is 0.323 e. The first-order chi connectivity index (χ1) is 12.8. The lowest BCUT2D eigenvalue weighted by Crippen LogP contribution is -2.25. The molecule has 2 amide bonds. The first-order valence-corrected chi connectivity index (χ1v) is 9.12. The number of para-hydroxylation sites is 2. The SMILES string of the molecule is CC1(C)CC(=O)C=C(Nc2ccccc2NC(=O)Nc2cccc(Cl)c2)C1. The van der Waals surface area contributed by atoms with Crippen LogP contribution in [0.1, 0.15) is 26.7 Å². The quantitative estimate of drug-likeness (QED) is 0.637. The van der Waals surface area contributed by atoms with Gasteiger partial charge in [-0.3, -0.25) is 4.79 Å². The van der Waals surface area contributed by atoms with Crippen LogP contribution in [0.4, 0.5) is 21.9 Å². The Bertz CT molecular complexity index is 906. The van der Waals surface area contributed by atoms with Gasteiger partial charge in [0.25, 0.3) is 0 Å². The normalized spacial score (nSPS) is 15.7. The minimum absolute atomic E-state index is 0.0828. The van der Waals surface area contributed by atoms with Gasteiger partial charge in [0.2, 0.25) is 0 Å². The van der Waals surface area contributed by atoms with E-state index < -0.39 is 0 Å². The highest BCUT2D eigenvalue weighted by Crippen LogP contribution is 2.35. The third-order valence-corrected chi connectivity index (χ3v) is 4.45. The molecule has 5 nitrogen and oxygen atoms in total. The number of hydrogen-bond donors (Lipinski definition) is 3. The standard InChI is InChI=1S/C21H22ClN3O2/c1-21(2)12-16(11-17(26)13-21)23-18-8-3-4-9-19(18)25-20(27)24-15-7-5-6-14(22)10-15/h3-11,23H,12-13H2,1-2H3,(H2,24,25,27). The number of halogens is 1. The van der Waals surface area contributed by atoms with Gasteiger partial charge in [0.05, 0.1) is 11.4 Å². The van der Waals surface area contributed by atoms with Gasteiger partial charge in [-0.1, -0.05) is 43.6 Å². The highest BCUT2D eigenvalue weighted by Gasteiger charge is 2.27. The molecular formula is C21H22ClN3O2. The number of allylic oxidation sites excluding steroid dienone is 2. The Morgan fingerprint density at radius 1 is 1.00 bits per heavy atom. The summed E-state index contributed by atoms with van der Waals surface area (Å²) in [6.45, 7) is 4.14. The molecule has 140 valence electrons. The molecule has 3 N–H and O–H groups in total. The summed E-state index contributed by atoms with van der Waals surface area (Å²) in [5.41, 5.74) is 2.72. The van der Waals surface area contributed by atoms with Crippen LogP contribution in [-0.2, 0) is 4.79 Å². The van der Waals surface area contributed by atoms with Gasteiger partial charge in [0.15, 0.2) is 5.78 Å². The molecule has 0 saturated heterocycles. The largest absolute Gasteiger partial charge is 0.357 e. The average molecular weight is 384 g/mol. The fraction of sp³-hybridized carbons (Fsp3) is 0.238. The number of ketones is 1. The van der Waals surface area contributed by atoms with Crippen LogP contribution >= 0.6 is 11.6 Å². The maximum Gasteiger partial charge on any atom is 0.323 e. The lowest BCUT2D eigenvalue weighted by atomic mass is 9.79. The highest BCUT2D eigenvalue weighted by molar-refractivity contribution is 6.30. The molecule has 0 heterocycles. The molecule has 0 bridgehead atoms. The average Bonchev–Trinajstić information content (AvgIpc) is 2.54. The van der Waals surface area contributed by atoms with E-state index >= 15 is 0 Å². The van der Waals surface area contributed by atoms with Crippen LogP contribution in [-0.4, -0.2) is 11.8 Å². The molecule has 0 aromatic heterocycles. The highest BCUT2D eigenvalue weighted by atomic mass is 35.5. The monoisotopic (exact) mass is 383 g/mol. The zero-order valence-corrected chi connectivity index (χ0v) is 16.1. The van der Waals surface area contributed by atoms with Crippen molar-refractivity contribution in [2.75, 3.05) is 16.0 Å². The van der Waals surface area contributed by atoms with E-state index in [0.717, 1.165) is 17.8 Å². The third kappa shape index (κ3) is 5.34. The second-order valence-corrected chi connectivity index (χ2v) is 7.85. The van der Waals surface area contributed by atoms with E-state index in [0.29, 0.717) is 22.8 Å². The van der Waals surface area contributed by atoms with Crippen molar-refractivity contribution in [2.24, 2.45) is 5.41 Å². The Morgan fingerprint density at radius 2 is 1.74 bits per heavy atom. The summed E-state index contributed by atoms with van der Waals surface area (Å²) in [7, 11) is 0. The second-order valence-electron chi connectivity index (χ2n) is 7.41. The molecule has 6 heteroatoms. The number of urea groups is 1. The van der Waals surface area contributed by atoms with Crippen LogP contribution in [0.5, 0.6) is 0 Å². The van der Waals surface area contributed by atoms with Gasteiger partial charge in [-0.2, -0.15) is 0 Å². The molecule has 3 rings (SSSR count). The number of nitrogens with one attached hydrogen (secondary N) is 3. The number of carbonyl (C=O) groups excluding carboxylic acids is 2. The Morgan fingerprint density at radius 3 is 2.44 bits per heavy atom. The number of benzene rings is 2. The fourth-order valence-electron chi connectivity index (χ4n) is 3.15. The summed E-state index contributed by atoms with van der Waals surface area (Å²) in [4.78, 5) is 24.3. The maximum absolute atomic E-state index is 12.3. The Hall–Kier alpha value is -2.79. The summed E-state index contributed by atoms with van der Waals surface area (Å²) in [5, 5.41) is 9.42. The van der Waals surface area contributed by atoms with Crippen LogP contribution in [0.2, 0.25) is 5.02 Å². The van der Waals surface area contributed by atoms with Crippen molar-refractivity contribution >= 4 is 40.5 Å². The third-order valence-electron chi connectivity index (χ3n) is 4.21. The minimum atomic E-state index is -0.374. The zero-order chi connectivity index (χ0) is 19.4. The topological polar surface area (TPSA) is 70.2 Å². The van der Waals surface area contributed by atoms with E-state index in [1.54, 1.807) is 36.4 Å². The predicted octanol–water partition coefficient (Wildman–Crippen LogP) is 5.67. The number of anilines is 3. The van der Waals surface area contributed by atoms with Crippen molar-refractivity contribution in [1.82, 2.24) is 0 Å². The molecule has 1 aliphatic carbocycles. The molecule has 1 aliphatic rings. The molecule has 0 radical (unpaired) electrons. The Labute approximate surface area is 163 Å². The van der Waals surface area contributed by atoms with Crippen molar-refractivity contribution in [2.45, 2.75) is 26.7 Å². The van der Waals surface area contributed by atoms with E-state index in [-0.39, 0.29) is 17.2 Å². The summed E-state index contributed by atoms with van der Waals surface area (Å²) in [6, 6.07) is 13.9. The van der Waals surface area contributed by atoms with Gasteiger partial charge < -0.3 is 16.0 Å². The van der Waals surface area contributed by atoms with Gasteiger partial charge in [-0.05, 0) is 42.2 Å². The van der Waals surface area contributed by atoms with E-state index in [2.05, 4.69) is 29.8 Å². The summed E-state index contributed by atoms with van der Waals surface area (Å²) >= 11 is 5.94. The number of rotatable bonds is 4. The molecule has 0 spiro atoms. The fourth-order valence-corrected chi connectivity index (χ4v) is 3.34. The van der Waals surface area contributed by atoms with Gasteiger partial charge in [0.1, 0.15) is 0 Å². The molecule has 0 aliphatic heterocycles. The van der Waals surface area contributed by atoms with Gasteiger partial charge >= 0.3 is 6.03 Å². The van der Waals surface area contributed by atoms with Gasteiger partial charge in [-0.15, -0.1) is 0 Å². The molecule has 2 aromatic rings. The second kappa shape index (κ2) is 7.84. The number of amides is 2. The van der Waals surface area contributed by atoms with Crippen molar-refractivity contribution in [1.29, 1.82) is 0 Å². The summed E-state index contributed by atoms with van der Waals surface area (Å²) in [5.74, 6) is 0.109. The van der Waals surface area contributed by atoms with Crippen LogP contribution in [0, 0.1) is 5.41 Å². The van der Waals surface area contributed by atoms with Gasteiger partial charge in [0, 0.05) is 28.9 Å². The van der Waals surface area contributed by atoms with Crippen molar-refractivity contribution in [3.8, 4) is 0 Å². The molecule has 0 fully saturated rings. The Kier molecular flexibility index (Phi) is 5.51. The summed E-state index contributed by atoms with van der Waals surface area (Å²) < 4.78 is 0. The number of carbonyl (C=O) groups is 2. The predicted molar refractivity (Wildman–Crippen MR) is 110 cm³/mol. The van der Waals surface area contributed by atoms with Crippen molar-refractivity contribution in [3.63, 3.8) is 0 Å². The molecule has 0 atom stereocenters. The molecule has 0 unspecified atom stereocenters. The van der Waals surface area contributed by atoms with Gasteiger partial charge in [-0.25, -0.2) is 4.79 Å². The van der Waals surface area contributed by atoms with E-state index in [1.165, 1.54) is 0 Å². The maximum atomic E-state index is 12.3. The molecule has 2 aromatic carbocycles. The number of hydrogen-bond acceptors (Lipinski definition) is 3. The summed E-state index contributed by atoms with van der Waals surface area (Å²) in [6.07, 6.45) is 2.95.